The van der Waals surface area contributed by atoms with E-state index in [1.807, 2.05) is 0 Å². The zero-order valence-electron chi connectivity index (χ0n) is 18.8. The van der Waals surface area contributed by atoms with Crippen molar-refractivity contribution in [1.29, 1.82) is 0 Å². The molecule has 152 valence electrons. The average molecular weight is 379 g/mol. The van der Waals surface area contributed by atoms with Gasteiger partial charge in [-0.25, -0.2) is 0 Å². The van der Waals surface area contributed by atoms with Gasteiger partial charge in [-0.1, -0.05) is 90.1 Å². The second-order valence-electron chi connectivity index (χ2n) is 10.4. The van der Waals surface area contributed by atoms with Gasteiger partial charge in [-0.2, -0.15) is 0 Å². The van der Waals surface area contributed by atoms with Crippen molar-refractivity contribution in [2.24, 2.45) is 0 Å². The highest BCUT2D eigenvalue weighted by molar-refractivity contribution is 5.28. The molecule has 1 aliphatic rings. The molecule has 28 heavy (non-hydrogen) atoms. The van der Waals surface area contributed by atoms with E-state index in [0.717, 1.165) is 39.3 Å². The van der Waals surface area contributed by atoms with Gasteiger partial charge in [0.2, 0.25) is 0 Å². The molecule has 2 heteroatoms. The molecule has 2 aromatic rings. The molecular formula is C26H38N2. The van der Waals surface area contributed by atoms with E-state index >= 15 is 0 Å². The number of hydrogen-bond acceptors (Lipinski definition) is 2. The summed E-state index contributed by atoms with van der Waals surface area (Å²) in [6.07, 6.45) is 0. The second-order valence-corrected chi connectivity index (χ2v) is 10.4. The maximum atomic E-state index is 2.59. The van der Waals surface area contributed by atoms with Crippen molar-refractivity contribution in [3.63, 3.8) is 0 Å². The Balaban J connectivity index is 1.48. The molecule has 1 saturated heterocycles. The van der Waals surface area contributed by atoms with Crippen LogP contribution in [0.2, 0.25) is 0 Å². The molecule has 0 aliphatic carbocycles. The summed E-state index contributed by atoms with van der Waals surface area (Å²) in [5, 5.41) is 0. The van der Waals surface area contributed by atoms with Crippen LogP contribution >= 0.6 is 0 Å². The van der Waals surface area contributed by atoms with Gasteiger partial charge in [-0.05, 0) is 33.1 Å². The molecule has 2 aromatic carbocycles. The van der Waals surface area contributed by atoms with Crippen LogP contribution in [0.3, 0.4) is 0 Å². The maximum absolute atomic E-state index is 2.59. The zero-order valence-corrected chi connectivity index (χ0v) is 18.8. The highest BCUT2D eigenvalue weighted by Crippen LogP contribution is 2.24. The Labute approximate surface area is 172 Å². The Morgan fingerprint density at radius 2 is 0.821 bits per heavy atom. The predicted octanol–water partition coefficient (Wildman–Crippen LogP) is 5.60. The summed E-state index contributed by atoms with van der Waals surface area (Å²) in [5.74, 6) is 0. The first kappa shape index (κ1) is 21.1. The molecule has 0 aromatic heterocycles. The molecule has 0 atom stereocenters. The summed E-state index contributed by atoms with van der Waals surface area (Å²) >= 11 is 0. The van der Waals surface area contributed by atoms with E-state index in [2.05, 4.69) is 99.9 Å². The number of benzene rings is 2. The lowest BCUT2D eigenvalue weighted by Gasteiger charge is -2.35. The molecule has 1 aliphatic heterocycles. The number of rotatable bonds is 4. The second kappa shape index (κ2) is 8.39. The zero-order chi connectivity index (χ0) is 20.4. The van der Waals surface area contributed by atoms with Crippen LogP contribution in [0.5, 0.6) is 0 Å². The molecule has 2 nitrogen and oxygen atoms in total. The minimum atomic E-state index is 0.231. The molecule has 0 saturated carbocycles. The Bertz CT molecular complexity index is 670. The van der Waals surface area contributed by atoms with Crippen LogP contribution in [-0.4, -0.2) is 36.0 Å². The molecule has 0 amide bonds. The smallest absolute Gasteiger partial charge is 0.0234 e. The monoisotopic (exact) mass is 378 g/mol. The lowest BCUT2D eigenvalue weighted by Crippen LogP contribution is -2.45. The summed E-state index contributed by atoms with van der Waals surface area (Å²) in [4.78, 5) is 5.18. The Hall–Kier alpha value is -1.64. The fourth-order valence-corrected chi connectivity index (χ4v) is 3.84. The Kier molecular flexibility index (Phi) is 6.31. The Morgan fingerprint density at radius 1 is 0.536 bits per heavy atom. The first-order chi connectivity index (χ1) is 13.1. The van der Waals surface area contributed by atoms with Crippen molar-refractivity contribution >= 4 is 0 Å². The van der Waals surface area contributed by atoms with Crippen LogP contribution in [0, 0.1) is 0 Å². The summed E-state index contributed by atoms with van der Waals surface area (Å²) in [7, 11) is 0. The standard InChI is InChI=1S/C26H38N2/c1-25(2,3)23-11-7-21(8-12-23)19-27-15-17-28(18-16-27)20-22-9-13-24(14-10-22)26(4,5)6/h7-14H,15-20H2,1-6H3. The van der Waals surface area contributed by atoms with Gasteiger partial charge in [0, 0.05) is 39.3 Å². The van der Waals surface area contributed by atoms with E-state index in [9.17, 15) is 0 Å². The van der Waals surface area contributed by atoms with Crippen molar-refractivity contribution in [1.82, 2.24) is 9.80 Å². The molecule has 0 N–H and O–H groups in total. The molecule has 0 unspecified atom stereocenters. The van der Waals surface area contributed by atoms with Crippen LogP contribution in [0.4, 0.5) is 0 Å². The number of piperazine rings is 1. The third-order valence-corrected chi connectivity index (χ3v) is 5.92. The lowest BCUT2D eigenvalue weighted by atomic mass is 9.86. The van der Waals surface area contributed by atoms with Crippen molar-refractivity contribution < 1.29 is 0 Å². The minimum absolute atomic E-state index is 0.231. The summed E-state index contributed by atoms with van der Waals surface area (Å²) in [6, 6.07) is 18.4. The third-order valence-electron chi connectivity index (χ3n) is 5.92. The fourth-order valence-electron chi connectivity index (χ4n) is 3.84. The number of nitrogens with zero attached hydrogens (tertiary/aromatic N) is 2. The van der Waals surface area contributed by atoms with Gasteiger partial charge in [0.15, 0.2) is 0 Å². The molecule has 1 fully saturated rings. The van der Waals surface area contributed by atoms with Crippen molar-refractivity contribution in [2.45, 2.75) is 65.5 Å². The first-order valence-corrected chi connectivity index (χ1v) is 10.7. The van der Waals surface area contributed by atoms with Gasteiger partial charge >= 0.3 is 0 Å². The van der Waals surface area contributed by atoms with Gasteiger partial charge in [0.25, 0.3) is 0 Å². The van der Waals surface area contributed by atoms with Crippen molar-refractivity contribution in [3.05, 3.63) is 70.8 Å². The summed E-state index contributed by atoms with van der Waals surface area (Å²) in [6.45, 7) is 20.4. The third kappa shape index (κ3) is 5.68. The van der Waals surface area contributed by atoms with E-state index in [1.54, 1.807) is 0 Å². The minimum Gasteiger partial charge on any atom is -0.297 e. The fraction of sp³-hybridized carbons (Fsp3) is 0.538. The highest BCUT2D eigenvalue weighted by Gasteiger charge is 2.19. The quantitative estimate of drug-likeness (QED) is 0.683. The van der Waals surface area contributed by atoms with Crippen molar-refractivity contribution in [3.8, 4) is 0 Å². The van der Waals surface area contributed by atoms with Crippen LogP contribution in [0.15, 0.2) is 48.5 Å². The van der Waals surface area contributed by atoms with E-state index < -0.39 is 0 Å². The van der Waals surface area contributed by atoms with Crippen LogP contribution in [0.25, 0.3) is 0 Å². The molecule has 0 spiro atoms. The van der Waals surface area contributed by atoms with Gasteiger partial charge in [-0.3, -0.25) is 9.80 Å². The van der Waals surface area contributed by atoms with Gasteiger partial charge < -0.3 is 0 Å². The van der Waals surface area contributed by atoms with Crippen LogP contribution < -0.4 is 0 Å². The first-order valence-electron chi connectivity index (χ1n) is 10.7. The van der Waals surface area contributed by atoms with Gasteiger partial charge in [-0.15, -0.1) is 0 Å². The summed E-state index contributed by atoms with van der Waals surface area (Å²) in [5.41, 5.74) is 6.15. The molecular weight excluding hydrogens is 340 g/mol. The average Bonchev–Trinajstić information content (AvgIpc) is 2.63. The number of hydrogen-bond donors (Lipinski definition) is 0. The Morgan fingerprint density at radius 3 is 1.07 bits per heavy atom. The lowest BCUT2D eigenvalue weighted by molar-refractivity contribution is 0.122. The maximum Gasteiger partial charge on any atom is 0.0234 e. The molecule has 0 radical (unpaired) electrons. The van der Waals surface area contributed by atoms with E-state index in [1.165, 1.54) is 22.3 Å². The normalized spacial score (nSPS) is 17.1. The van der Waals surface area contributed by atoms with Crippen LogP contribution in [0.1, 0.15) is 63.8 Å². The van der Waals surface area contributed by atoms with E-state index in [-0.39, 0.29) is 10.8 Å². The molecule has 0 bridgehead atoms. The molecule has 1 heterocycles. The van der Waals surface area contributed by atoms with E-state index in [4.69, 9.17) is 0 Å². The van der Waals surface area contributed by atoms with Gasteiger partial charge in [0.05, 0.1) is 0 Å². The molecule has 3 rings (SSSR count). The predicted molar refractivity (Wildman–Crippen MR) is 121 cm³/mol. The van der Waals surface area contributed by atoms with E-state index in [0.29, 0.717) is 0 Å². The SMILES string of the molecule is CC(C)(C)c1ccc(CN2CCN(Cc3ccc(C(C)(C)C)cc3)CC2)cc1. The van der Waals surface area contributed by atoms with Crippen molar-refractivity contribution in [2.75, 3.05) is 26.2 Å². The topological polar surface area (TPSA) is 6.48 Å². The highest BCUT2D eigenvalue weighted by atomic mass is 15.3. The summed E-state index contributed by atoms with van der Waals surface area (Å²) < 4.78 is 0. The van der Waals surface area contributed by atoms with Gasteiger partial charge in [0.1, 0.15) is 0 Å². The van der Waals surface area contributed by atoms with Crippen LogP contribution in [-0.2, 0) is 23.9 Å². The largest absolute Gasteiger partial charge is 0.297 e.